The maximum atomic E-state index is 11.3. The molecular formula is C13H17NO3. The van der Waals surface area contributed by atoms with Crippen molar-refractivity contribution >= 4 is 5.97 Å². The lowest BCUT2D eigenvalue weighted by atomic mass is 9.94. The summed E-state index contributed by atoms with van der Waals surface area (Å²) in [5, 5.41) is 9.45. The number of fused-ring (bicyclic) bond motifs is 3. The van der Waals surface area contributed by atoms with Crippen molar-refractivity contribution in [3.05, 3.63) is 23.8 Å². The lowest BCUT2D eigenvalue weighted by Gasteiger charge is -2.40. The summed E-state index contributed by atoms with van der Waals surface area (Å²) >= 11 is 0. The van der Waals surface area contributed by atoms with Gasteiger partial charge >= 0.3 is 5.97 Å². The van der Waals surface area contributed by atoms with Crippen LogP contribution in [0, 0.1) is 0 Å². The van der Waals surface area contributed by atoms with Crippen molar-refractivity contribution in [1.29, 1.82) is 0 Å². The first-order chi connectivity index (χ1) is 8.29. The van der Waals surface area contributed by atoms with E-state index in [1.165, 1.54) is 6.42 Å². The van der Waals surface area contributed by atoms with Crippen LogP contribution in [0.5, 0.6) is 0 Å². The van der Waals surface area contributed by atoms with Crippen molar-refractivity contribution in [2.45, 2.75) is 37.5 Å². The zero-order chi connectivity index (χ0) is 11.8. The van der Waals surface area contributed by atoms with Crippen molar-refractivity contribution in [1.82, 2.24) is 4.90 Å². The highest BCUT2D eigenvalue weighted by Crippen LogP contribution is 2.33. The molecule has 0 bridgehead atoms. The van der Waals surface area contributed by atoms with Crippen LogP contribution in [-0.4, -0.2) is 47.3 Å². The molecule has 1 saturated heterocycles. The van der Waals surface area contributed by atoms with E-state index in [1.54, 1.807) is 6.08 Å². The van der Waals surface area contributed by atoms with Crippen molar-refractivity contribution in [3.8, 4) is 0 Å². The third-order valence-corrected chi connectivity index (χ3v) is 3.92. The number of aliphatic hydroxyl groups excluding tert-OH is 1. The molecule has 3 rings (SSSR count). The maximum absolute atomic E-state index is 11.3. The average Bonchev–Trinajstić information content (AvgIpc) is 2.65. The Hall–Kier alpha value is -1.13. The van der Waals surface area contributed by atoms with Gasteiger partial charge in [-0.1, -0.05) is 18.6 Å². The number of esters is 1. The Morgan fingerprint density at radius 2 is 2.35 bits per heavy atom. The second-order valence-corrected chi connectivity index (χ2v) is 4.91. The highest BCUT2D eigenvalue weighted by Gasteiger charge is 2.40. The first kappa shape index (κ1) is 11.0. The van der Waals surface area contributed by atoms with Gasteiger partial charge in [-0.2, -0.15) is 0 Å². The topological polar surface area (TPSA) is 49.8 Å². The highest BCUT2D eigenvalue weighted by molar-refractivity contribution is 5.87. The summed E-state index contributed by atoms with van der Waals surface area (Å²) in [4.78, 5) is 13.6. The van der Waals surface area contributed by atoms with Gasteiger partial charge in [0.05, 0.1) is 18.7 Å². The minimum absolute atomic E-state index is 0.0607. The smallest absolute Gasteiger partial charge is 0.331 e. The van der Waals surface area contributed by atoms with Crippen LogP contribution in [0.4, 0.5) is 0 Å². The molecule has 0 aromatic rings. The van der Waals surface area contributed by atoms with Gasteiger partial charge in [0.2, 0.25) is 0 Å². The zero-order valence-corrected chi connectivity index (χ0v) is 9.71. The largest absolute Gasteiger partial charge is 0.453 e. The fraction of sp³-hybridized carbons (Fsp3) is 0.615. The molecule has 0 amide bonds. The highest BCUT2D eigenvalue weighted by atomic mass is 16.5. The Morgan fingerprint density at radius 3 is 3.18 bits per heavy atom. The van der Waals surface area contributed by atoms with Gasteiger partial charge < -0.3 is 9.84 Å². The Labute approximate surface area is 101 Å². The van der Waals surface area contributed by atoms with E-state index in [-0.39, 0.29) is 30.8 Å². The number of rotatable bonds is 1. The number of aliphatic hydroxyl groups is 1. The minimum Gasteiger partial charge on any atom is -0.453 e. The van der Waals surface area contributed by atoms with Crippen LogP contribution < -0.4 is 0 Å². The molecular weight excluding hydrogens is 218 g/mol. The van der Waals surface area contributed by atoms with Gasteiger partial charge in [-0.25, -0.2) is 4.79 Å². The number of ether oxygens (including phenoxy) is 1. The maximum Gasteiger partial charge on any atom is 0.331 e. The minimum atomic E-state index is -0.234. The fourth-order valence-electron chi connectivity index (χ4n) is 3.10. The lowest BCUT2D eigenvalue weighted by Crippen LogP contribution is -2.51. The Balaban J connectivity index is 1.95. The number of hydrogen-bond acceptors (Lipinski definition) is 4. The van der Waals surface area contributed by atoms with Crippen LogP contribution in [0.3, 0.4) is 0 Å². The third-order valence-electron chi connectivity index (χ3n) is 3.92. The second-order valence-electron chi connectivity index (χ2n) is 4.91. The summed E-state index contributed by atoms with van der Waals surface area (Å²) in [7, 11) is 0. The number of carbonyl (C=O) groups is 1. The van der Waals surface area contributed by atoms with E-state index < -0.39 is 0 Å². The van der Waals surface area contributed by atoms with Gasteiger partial charge in [-0.3, -0.25) is 4.90 Å². The number of piperidine rings is 1. The van der Waals surface area contributed by atoms with Gasteiger partial charge in [0.25, 0.3) is 0 Å². The zero-order valence-electron chi connectivity index (χ0n) is 9.71. The summed E-state index contributed by atoms with van der Waals surface area (Å²) in [6.45, 7) is 1.10. The predicted molar refractivity (Wildman–Crippen MR) is 62.3 cm³/mol. The van der Waals surface area contributed by atoms with Crippen LogP contribution in [0.2, 0.25) is 0 Å². The van der Waals surface area contributed by atoms with Crippen LogP contribution >= 0.6 is 0 Å². The van der Waals surface area contributed by atoms with E-state index in [0.29, 0.717) is 0 Å². The summed E-state index contributed by atoms with van der Waals surface area (Å²) < 4.78 is 5.40. The molecule has 3 aliphatic heterocycles. The van der Waals surface area contributed by atoms with E-state index in [9.17, 15) is 9.90 Å². The summed E-state index contributed by atoms with van der Waals surface area (Å²) in [5.74, 6) is -0.234. The van der Waals surface area contributed by atoms with Crippen molar-refractivity contribution in [2.75, 3.05) is 13.2 Å². The van der Waals surface area contributed by atoms with Crippen LogP contribution in [0.25, 0.3) is 0 Å². The van der Waals surface area contributed by atoms with E-state index in [2.05, 4.69) is 4.90 Å². The number of carbonyl (C=O) groups excluding carboxylic acids is 1. The summed E-state index contributed by atoms with van der Waals surface area (Å²) in [6, 6.07) is 0.291. The Morgan fingerprint density at radius 1 is 1.47 bits per heavy atom. The molecule has 0 aromatic carbocycles. The standard InChI is InChI=1S/C13H17NO3/c15-8-10-5-4-9-7-12(16)17-13(9)11-3-1-2-6-14(10)11/h4-5,7,10-11,13,15H,1-3,6,8H2/t10-,11-,13+/m1/s1. The van der Waals surface area contributed by atoms with Crippen molar-refractivity contribution in [3.63, 3.8) is 0 Å². The van der Waals surface area contributed by atoms with Gasteiger partial charge in [0.1, 0.15) is 6.10 Å². The number of nitrogens with zero attached hydrogens (tertiary/aromatic N) is 1. The molecule has 0 unspecified atom stereocenters. The molecule has 1 N–H and O–H groups in total. The quantitative estimate of drug-likeness (QED) is 0.677. The summed E-state index contributed by atoms with van der Waals surface area (Å²) in [6.07, 6.45) is 8.74. The fourth-order valence-corrected chi connectivity index (χ4v) is 3.10. The van der Waals surface area contributed by atoms with E-state index in [1.807, 2.05) is 12.2 Å². The molecule has 0 radical (unpaired) electrons. The molecule has 3 aliphatic rings. The molecule has 17 heavy (non-hydrogen) atoms. The van der Waals surface area contributed by atoms with Crippen LogP contribution in [0.1, 0.15) is 19.3 Å². The van der Waals surface area contributed by atoms with E-state index in [0.717, 1.165) is 25.0 Å². The molecule has 3 atom stereocenters. The molecule has 1 fully saturated rings. The Bertz CT molecular complexity index is 388. The SMILES string of the molecule is O=C1C=C2C=C[C@H](CO)N3CCCC[C@@H]3[C@H]2O1. The van der Waals surface area contributed by atoms with Gasteiger partial charge in [0, 0.05) is 11.6 Å². The van der Waals surface area contributed by atoms with Crippen LogP contribution in [-0.2, 0) is 9.53 Å². The van der Waals surface area contributed by atoms with Crippen molar-refractivity contribution in [2.24, 2.45) is 0 Å². The van der Waals surface area contributed by atoms with Crippen molar-refractivity contribution < 1.29 is 14.6 Å². The van der Waals surface area contributed by atoms with Crippen LogP contribution in [0.15, 0.2) is 23.8 Å². The lowest BCUT2D eigenvalue weighted by molar-refractivity contribution is -0.142. The van der Waals surface area contributed by atoms with Gasteiger partial charge in [0.15, 0.2) is 0 Å². The van der Waals surface area contributed by atoms with Gasteiger partial charge in [-0.05, 0) is 19.4 Å². The molecule has 0 saturated carbocycles. The molecule has 4 nitrogen and oxygen atoms in total. The molecule has 92 valence electrons. The van der Waals surface area contributed by atoms with E-state index in [4.69, 9.17) is 4.74 Å². The molecule has 0 aliphatic carbocycles. The first-order valence-electron chi connectivity index (χ1n) is 6.26. The van der Waals surface area contributed by atoms with Gasteiger partial charge in [-0.15, -0.1) is 0 Å². The van der Waals surface area contributed by atoms with E-state index >= 15 is 0 Å². The molecule has 0 aromatic heterocycles. The molecule has 4 heteroatoms. The Kier molecular flexibility index (Phi) is 2.76. The third kappa shape index (κ3) is 1.81. The second kappa shape index (κ2) is 4.27. The number of hydrogen-bond donors (Lipinski definition) is 1. The monoisotopic (exact) mass is 235 g/mol. The normalized spacial score (nSPS) is 36.9. The summed E-state index contributed by atoms with van der Waals surface area (Å²) in [5.41, 5.74) is 0.961. The molecule has 0 spiro atoms. The predicted octanol–water partition coefficient (Wildman–Crippen LogP) is 0.623. The molecule has 3 heterocycles. The average molecular weight is 235 g/mol. The first-order valence-corrected chi connectivity index (χ1v) is 6.26.